The van der Waals surface area contributed by atoms with E-state index >= 15 is 0 Å². The summed E-state index contributed by atoms with van der Waals surface area (Å²) in [6.45, 7) is 7.50. The van der Waals surface area contributed by atoms with Gasteiger partial charge in [-0.2, -0.15) is 0 Å². The summed E-state index contributed by atoms with van der Waals surface area (Å²) in [7, 11) is 1.99. The Morgan fingerprint density at radius 3 is 2.08 bits per heavy atom. The molecule has 0 unspecified atom stereocenters. The summed E-state index contributed by atoms with van der Waals surface area (Å²) < 4.78 is 0. The fraction of sp³-hybridized carbons (Fsp3) is 0.636. The average molecular weight is 167 g/mol. The maximum Gasteiger partial charge on any atom is -0.00114 e. The van der Waals surface area contributed by atoms with Crippen LogP contribution in [-0.4, -0.2) is 13.6 Å². The number of hydrogen-bond donors (Lipinski definition) is 1. The summed E-state index contributed by atoms with van der Waals surface area (Å²) in [5, 5.41) is 3.17. The maximum atomic E-state index is 3.17. The molecule has 70 valence electrons. The number of rotatable bonds is 5. The summed E-state index contributed by atoms with van der Waals surface area (Å²) in [6.07, 6.45) is 6.71. The van der Waals surface area contributed by atoms with Crippen molar-refractivity contribution in [3.8, 4) is 0 Å². The van der Waals surface area contributed by atoms with E-state index in [0.29, 0.717) is 0 Å². The van der Waals surface area contributed by atoms with Crippen LogP contribution in [0.2, 0.25) is 0 Å². The van der Waals surface area contributed by atoms with Crippen LogP contribution in [0.15, 0.2) is 23.3 Å². The molecule has 0 rings (SSSR count). The highest BCUT2D eigenvalue weighted by Gasteiger charge is 1.99. The van der Waals surface area contributed by atoms with Gasteiger partial charge in [0.15, 0.2) is 0 Å². The minimum Gasteiger partial charge on any atom is -0.319 e. The van der Waals surface area contributed by atoms with Gasteiger partial charge in [-0.05, 0) is 51.4 Å². The summed E-state index contributed by atoms with van der Waals surface area (Å²) in [5.74, 6) is 0. The molecule has 1 nitrogen and oxygen atoms in total. The fourth-order valence-electron chi connectivity index (χ4n) is 1.37. The van der Waals surface area contributed by atoms with Crippen molar-refractivity contribution < 1.29 is 0 Å². The van der Waals surface area contributed by atoms with Crippen molar-refractivity contribution in [2.45, 2.75) is 33.6 Å². The van der Waals surface area contributed by atoms with Gasteiger partial charge in [0, 0.05) is 0 Å². The number of allylic oxidation sites excluding steroid dienone is 3. The molecule has 12 heavy (non-hydrogen) atoms. The van der Waals surface area contributed by atoms with E-state index in [0.717, 1.165) is 19.4 Å². The lowest BCUT2D eigenvalue weighted by molar-refractivity contribution is 0.782. The van der Waals surface area contributed by atoms with Crippen LogP contribution in [0.5, 0.6) is 0 Å². The zero-order chi connectivity index (χ0) is 9.40. The van der Waals surface area contributed by atoms with E-state index in [1.807, 2.05) is 7.05 Å². The van der Waals surface area contributed by atoms with Crippen molar-refractivity contribution in [1.29, 1.82) is 0 Å². The zero-order valence-electron chi connectivity index (χ0n) is 8.78. The third-order valence-electron chi connectivity index (χ3n) is 2.13. The monoisotopic (exact) mass is 167 g/mol. The van der Waals surface area contributed by atoms with Crippen LogP contribution < -0.4 is 5.32 Å². The average Bonchev–Trinajstić information content (AvgIpc) is 2.12. The summed E-state index contributed by atoms with van der Waals surface area (Å²) >= 11 is 0. The smallest absolute Gasteiger partial charge is 0.00114 e. The number of hydrogen-bond acceptors (Lipinski definition) is 1. The predicted octanol–water partition coefficient (Wildman–Crippen LogP) is 2.90. The van der Waals surface area contributed by atoms with Gasteiger partial charge < -0.3 is 5.32 Å². The normalized spacial score (nSPS) is 13.7. The highest BCUT2D eigenvalue weighted by atomic mass is 14.8. The first-order valence-corrected chi connectivity index (χ1v) is 4.75. The SMILES string of the molecule is C/C=C(CCNC)\C(=C\C)CC. The van der Waals surface area contributed by atoms with Crippen LogP contribution in [-0.2, 0) is 0 Å². The van der Waals surface area contributed by atoms with Crippen molar-refractivity contribution in [2.24, 2.45) is 0 Å². The lowest BCUT2D eigenvalue weighted by Gasteiger charge is -2.08. The third-order valence-corrected chi connectivity index (χ3v) is 2.13. The fourth-order valence-corrected chi connectivity index (χ4v) is 1.37. The Kier molecular flexibility index (Phi) is 6.78. The van der Waals surface area contributed by atoms with Crippen LogP contribution in [0.4, 0.5) is 0 Å². The van der Waals surface area contributed by atoms with Crippen LogP contribution in [0.3, 0.4) is 0 Å². The Bertz CT molecular complexity index is 166. The molecule has 1 heteroatoms. The lowest BCUT2D eigenvalue weighted by atomic mass is 10.0. The van der Waals surface area contributed by atoms with Crippen LogP contribution in [0, 0.1) is 0 Å². The first-order chi connectivity index (χ1) is 5.79. The highest BCUT2D eigenvalue weighted by Crippen LogP contribution is 2.16. The molecule has 0 aliphatic rings. The van der Waals surface area contributed by atoms with Crippen LogP contribution in [0.1, 0.15) is 33.6 Å². The first kappa shape index (κ1) is 11.4. The molecular formula is C11H21N. The molecule has 0 spiro atoms. The largest absolute Gasteiger partial charge is 0.319 e. The van der Waals surface area contributed by atoms with Gasteiger partial charge in [-0.25, -0.2) is 0 Å². The molecule has 0 aromatic carbocycles. The van der Waals surface area contributed by atoms with Crippen molar-refractivity contribution in [2.75, 3.05) is 13.6 Å². The first-order valence-electron chi connectivity index (χ1n) is 4.75. The minimum absolute atomic E-state index is 1.07. The predicted molar refractivity (Wildman–Crippen MR) is 56.3 cm³/mol. The van der Waals surface area contributed by atoms with Crippen molar-refractivity contribution in [3.63, 3.8) is 0 Å². The molecule has 0 aliphatic heterocycles. The quantitative estimate of drug-likeness (QED) is 0.621. The Morgan fingerprint density at radius 1 is 1.17 bits per heavy atom. The maximum absolute atomic E-state index is 3.17. The second kappa shape index (κ2) is 7.11. The summed E-state index contributed by atoms with van der Waals surface area (Å²) in [5.41, 5.74) is 2.96. The summed E-state index contributed by atoms with van der Waals surface area (Å²) in [4.78, 5) is 0. The van der Waals surface area contributed by atoms with Gasteiger partial charge in [0.05, 0.1) is 0 Å². The zero-order valence-corrected chi connectivity index (χ0v) is 8.78. The van der Waals surface area contributed by atoms with E-state index in [9.17, 15) is 0 Å². The van der Waals surface area contributed by atoms with Crippen LogP contribution in [0.25, 0.3) is 0 Å². The molecule has 0 heterocycles. The molecule has 0 aromatic rings. The van der Waals surface area contributed by atoms with E-state index in [4.69, 9.17) is 0 Å². The molecule has 1 N–H and O–H groups in total. The van der Waals surface area contributed by atoms with E-state index < -0.39 is 0 Å². The Balaban J connectivity index is 4.15. The van der Waals surface area contributed by atoms with Gasteiger partial charge in [0.1, 0.15) is 0 Å². The minimum atomic E-state index is 1.07. The molecule has 0 radical (unpaired) electrons. The van der Waals surface area contributed by atoms with Crippen molar-refractivity contribution in [1.82, 2.24) is 5.32 Å². The highest BCUT2D eigenvalue weighted by molar-refractivity contribution is 5.29. The topological polar surface area (TPSA) is 12.0 Å². The van der Waals surface area contributed by atoms with Gasteiger partial charge in [0.2, 0.25) is 0 Å². The van der Waals surface area contributed by atoms with Gasteiger partial charge >= 0.3 is 0 Å². The van der Waals surface area contributed by atoms with E-state index in [2.05, 4.69) is 38.2 Å². The van der Waals surface area contributed by atoms with E-state index in [-0.39, 0.29) is 0 Å². The van der Waals surface area contributed by atoms with Gasteiger partial charge in [-0.15, -0.1) is 0 Å². The molecule has 0 saturated heterocycles. The van der Waals surface area contributed by atoms with Gasteiger partial charge in [-0.1, -0.05) is 19.1 Å². The summed E-state index contributed by atoms with van der Waals surface area (Å²) in [6, 6.07) is 0. The molecule has 0 aromatic heterocycles. The Hall–Kier alpha value is -0.560. The second-order valence-electron chi connectivity index (χ2n) is 2.83. The molecule has 0 saturated carbocycles. The molecular weight excluding hydrogens is 146 g/mol. The standard InChI is InChI=1S/C11H21N/c1-5-10(6-2)11(7-3)8-9-12-4/h5,7,12H,6,8-9H2,1-4H3/b10-5+,11-7-. The Labute approximate surface area is 76.6 Å². The van der Waals surface area contributed by atoms with Crippen molar-refractivity contribution >= 4 is 0 Å². The van der Waals surface area contributed by atoms with E-state index in [1.165, 1.54) is 11.1 Å². The van der Waals surface area contributed by atoms with Gasteiger partial charge in [0.25, 0.3) is 0 Å². The second-order valence-corrected chi connectivity index (χ2v) is 2.83. The molecule has 0 aliphatic carbocycles. The third kappa shape index (κ3) is 3.72. The van der Waals surface area contributed by atoms with Crippen LogP contribution >= 0.6 is 0 Å². The Morgan fingerprint density at radius 2 is 1.75 bits per heavy atom. The molecule has 0 fully saturated rings. The van der Waals surface area contributed by atoms with Crippen molar-refractivity contribution in [3.05, 3.63) is 23.3 Å². The van der Waals surface area contributed by atoms with Gasteiger partial charge in [-0.3, -0.25) is 0 Å². The van der Waals surface area contributed by atoms with E-state index in [1.54, 1.807) is 0 Å². The molecule has 0 bridgehead atoms. The lowest BCUT2D eigenvalue weighted by Crippen LogP contribution is -2.09. The molecule has 0 atom stereocenters. The number of nitrogens with one attached hydrogen (secondary N) is 1. The molecule has 0 amide bonds.